The van der Waals surface area contributed by atoms with E-state index in [1.165, 1.54) is 18.2 Å². The average Bonchev–Trinajstić information content (AvgIpc) is 4.13. The van der Waals surface area contributed by atoms with Gasteiger partial charge in [0.1, 0.15) is 23.5 Å². The molecular weight excluding hydrogens is 785 g/mol. The Bertz CT molecular complexity index is 2400. The van der Waals surface area contributed by atoms with Gasteiger partial charge < -0.3 is 44.4 Å². The second-order valence-corrected chi connectivity index (χ2v) is 17.9. The van der Waals surface area contributed by atoms with Crippen LogP contribution in [0.2, 0.25) is 0 Å². The molecule has 3 N–H and O–H groups in total. The number of likely N-dealkylation sites (tertiary alicyclic amines) is 2. The number of methoxy groups -OCH3 is 1. The van der Waals surface area contributed by atoms with Crippen LogP contribution in [0, 0.1) is 18.3 Å². The number of fused-ring (bicyclic) bond motifs is 2. The molecule has 4 saturated heterocycles. The Morgan fingerprint density at radius 1 is 0.774 bits per heavy atom. The topological polar surface area (TPSA) is 165 Å². The first-order chi connectivity index (χ1) is 30.1. The van der Waals surface area contributed by atoms with Crippen molar-refractivity contribution in [2.24, 2.45) is 11.8 Å². The Labute approximate surface area is 362 Å². The number of hydrogen-bond donors (Lipinski definition) is 3. The second-order valence-electron chi connectivity index (χ2n) is 17.9. The van der Waals surface area contributed by atoms with Gasteiger partial charge in [0.25, 0.3) is 0 Å². The number of aromatic amines is 2. The number of nitrogens with one attached hydrogen (secondary N) is 3. The molecule has 5 aromatic rings. The van der Waals surface area contributed by atoms with Gasteiger partial charge in [-0.15, -0.1) is 0 Å². The third-order valence-electron chi connectivity index (χ3n) is 13.1. The second kappa shape index (κ2) is 17.6. The van der Waals surface area contributed by atoms with Gasteiger partial charge in [-0.1, -0.05) is 39.8 Å². The van der Waals surface area contributed by atoms with Gasteiger partial charge in [-0.25, -0.2) is 19.7 Å². The van der Waals surface area contributed by atoms with Crippen LogP contribution in [0.25, 0.3) is 22.1 Å². The largest absolute Gasteiger partial charge is 0.453 e. The minimum absolute atomic E-state index is 0.0521. The maximum atomic E-state index is 13.9. The highest BCUT2D eigenvalue weighted by molar-refractivity contribution is 5.87. The van der Waals surface area contributed by atoms with Crippen LogP contribution in [0.5, 0.6) is 0 Å². The number of alkyl carbamates (subject to hydrolysis) is 1. The van der Waals surface area contributed by atoms with Gasteiger partial charge in [0.05, 0.1) is 84.9 Å². The molecule has 4 fully saturated rings. The molecular formula is C47H59N10O5. The van der Waals surface area contributed by atoms with E-state index in [1.54, 1.807) is 6.42 Å². The summed E-state index contributed by atoms with van der Waals surface area (Å²) < 4.78 is 10.4. The molecule has 0 bridgehead atoms. The van der Waals surface area contributed by atoms with Gasteiger partial charge in [-0.2, -0.15) is 0 Å². The van der Waals surface area contributed by atoms with Gasteiger partial charge in [-0.3, -0.25) is 9.59 Å². The van der Waals surface area contributed by atoms with E-state index in [9.17, 15) is 14.4 Å². The SMILES string of the molecule is COC(=O)N[C@H](C(=O)N1CCC[C@H]1c1nc2ccc([C@H]3CC[C@H](c4ccc5nc([C@@H]6CCCN6C(=O)[CH]C(C)C)[nH]c5c4)N3c3ccc(N4CCOCC4)nc3)cc2[nH]1)C(C)C. The fourth-order valence-corrected chi connectivity index (χ4v) is 10.0. The Morgan fingerprint density at radius 2 is 1.37 bits per heavy atom. The van der Waals surface area contributed by atoms with Crippen molar-refractivity contribution in [3.63, 3.8) is 0 Å². The fraction of sp³-hybridized carbons (Fsp3) is 0.511. The van der Waals surface area contributed by atoms with Crippen LogP contribution >= 0.6 is 0 Å². The number of morpholine rings is 1. The number of H-pyrrole nitrogens is 2. The van der Waals surface area contributed by atoms with Crippen LogP contribution in [-0.4, -0.2) is 105 Å². The smallest absolute Gasteiger partial charge is 0.407 e. The number of carbonyl (C=O) groups is 3. The van der Waals surface area contributed by atoms with Crippen molar-refractivity contribution in [3.05, 3.63) is 83.9 Å². The van der Waals surface area contributed by atoms with Gasteiger partial charge in [-0.05, 0) is 97.9 Å². The number of benzene rings is 2. The number of pyridine rings is 1. The number of anilines is 2. The van der Waals surface area contributed by atoms with E-state index < -0.39 is 12.1 Å². The standard InChI is InChI=1S/C47H59N10O5/c1-28(2)24-42(58)55-18-6-8-39(55)44-49-33-13-10-30(25-35(33)51-44)37-15-16-38(57(37)32-12-17-41(48-27-32)54-20-22-62-23-21-54)31-11-14-34-36(26-31)52-45(50-34)40-9-7-19-56(40)46(59)43(29(3)4)53-47(60)61-5/h10-14,17,24-29,37-40,43H,6-9,15-16,18-23H2,1-5H3,(H,49,51)(H,50,52)(H,53,60)/t37-,38-,39+,40+,43+/m1/s1. The van der Waals surface area contributed by atoms with Crippen LogP contribution in [0.1, 0.15) is 113 Å². The number of aromatic nitrogens is 5. The summed E-state index contributed by atoms with van der Waals surface area (Å²) in [4.78, 5) is 70.1. The predicted molar refractivity (Wildman–Crippen MR) is 237 cm³/mol. The number of imidazole rings is 2. The summed E-state index contributed by atoms with van der Waals surface area (Å²) in [6, 6.07) is 16.5. The lowest BCUT2D eigenvalue weighted by atomic mass is 10.0. The van der Waals surface area contributed by atoms with E-state index in [-0.39, 0.29) is 47.8 Å². The Hall–Kier alpha value is -5.70. The highest BCUT2D eigenvalue weighted by Crippen LogP contribution is 2.48. The first kappa shape index (κ1) is 41.6. The van der Waals surface area contributed by atoms with Crippen molar-refractivity contribution in [1.29, 1.82) is 0 Å². The zero-order valence-corrected chi connectivity index (χ0v) is 36.5. The zero-order chi connectivity index (χ0) is 43.1. The first-order valence-corrected chi connectivity index (χ1v) is 22.4. The van der Waals surface area contributed by atoms with E-state index in [0.29, 0.717) is 19.8 Å². The minimum Gasteiger partial charge on any atom is -0.453 e. The molecule has 2 aromatic carbocycles. The molecule has 1 radical (unpaired) electrons. The molecule has 0 aliphatic carbocycles. The lowest BCUT2D eigenvalue weighted by Crippen LogP contribution is -2.51. The maximum Gasteiger partial charge on any atom is 0.407 e. The summed E-state index contributed by atoms with van der Waals surface area (Å²) in [5, 5.41) is 2.75. The molecule has 0 spiro atoms. The summed E-state index contributed by atoms with van der Waals surface area (Å²) >= 11 is 0. The summed E-state index contributed by atoms with van der Waals surface area (Å²) in [5.41, 5.74) is 7.05. The van der Waals surface area contributed by atoms with Gasteiger partial charge in [0, 0.05) is 26.2 Å². The molecule has 15 heteroatoms. The number of rotatable bonds is 11. The number of ether oxygens (including phenoxy) is 2. The third-order valence-corrected chi connectivity index (χ3v) is 13.1. The molecule has 5 atom stereocenters. The number of hydrogen-bond acceptors (Lipinski definition) is 10. The molecule has 0 unspecified atom stereocenters. The number of carbonyl (C=O) groups excluding carboxylic acids is 3. The van der Waals surface area contributed by atoms with Crippen molar-refractivity contribution >= 4 is 51.5 Å². The molecule has 327 valence electrons. The van der Waals surface area contributed by atoms with Crippen LogP contribution in [0.3, 0.4) is 0 Å². The highest BCUT2D eigenvalue weighted by Gasteiger charge is 2.39. The van der Waals surface area contributed by atoms with E-state index >= 15 is 0 Å². The Balaban J connectivity index is 1.02. The number of nitrogens with zero attached hydrogens (tertiary/aromatic N) is 7. The lowest BCUT2D eigenvalue weighted by molar-refractivity contribution is -0.135. The first-order valence-electron chi connectivity index (χ1n) is 22.4. The van der Waals surface area contributed by atoms with Crippen LogP contribution in [-0.2, 0) is 19.1 Å². The maximum absolute atomic E-state index is 13.9. The molecule has 62 heavy (non-hydrogen) atoms. The molecule has 4 aliphatic heterocycles. The quantitative estimate of drug-likeness (QED) is 0.123. The van der Waals surface area contributed by atoms with E-state index in [4.69, 9.17) is 24.4 Å². The summed E-state index contributed by atoms with van der Waals surface area (Å²) in [7, 11) is 1.31. The van der Waals surface area contributed by atoms with Crippen molar-refractivity contribution < 1.29 is 23.9 Å². The number of amides is 3. The van der Waals surface area contributed by atoms with Gasteiger partial charge in [0.2, 0.25) is 11.8 Å². The minimum atomic E-state index is -0.699. The zero-order valence-electron chi connectivity index (χ0n) is 36.5. The van der Waals surface area contributed by atoms with Crippen LogP contribution in [0.4, 0.5) is 16.3 Å². The van der Waals surface area contributed by atoms with Gasteiger partial charge in [0.15, 0.2) is 0 Å². The predicted octanol–water partition coefficient (Wildman–Crippen LogP) is 7.32. The van der Waals surface area contributed by atoms with Crippen LogP contribution < -0.4 is 15.1 Å². The fourth-order valence-electron chi connectivity index (χ4n) is 10.0. The van der Waals surface area contributed by atoms with Crippen molar-refractivity contribution in [2.45, 2.75) is 96.4 Å². The molecule has 0 saturated carbocycles. The Kier molecular flexibility index (Phi) is 11.8. The van der Waals surface area contributed by atoms with E-state index in [1.807, 2.05) is 43.7 Å². The summed E-state index contributed by atoms with van der Waals surface area (Å²) in [6.07, 6.45) is 8.54. The van der Waals surface area contributed by atoms with Gasteiger partial charge >= 0.3 is 6.09 Å². The average molecular weight is 844 g/mol. The summed E-state index contributed by atoms with van der Waals surface area (Å²) in [5.74, 6) is 2.57. The molecule has 3 aromatic heterocycles. The van der Waals surface area contributed by atoms with Crippen molar-refractivity contribution in [2.75, 3.05) is 56.3 Å². The summed E-state index contributed by atoms with van der Waals surface area (Å²) in [6.45, 7) is 12.3. The molecule has 15 nitrogen and oxygen atoms in total. The molecule has 3 amide bonds. The van der Waals surface area contributed by atoms with Crippen molar-refractivity contribution in [1.82, 2.24) is 40.0 Å². The van der Waals surface area contributed by atoms with Crippen molar-refractivity contribution in [3.8, 4) is 0 Å². The molecule has 7 heterocycles. The normalized spacial score (nSPS) is 22.4. The lowest BCUT2D eigenvalue weighted by Gasteiger charge is -2.34. The highest BCUT2D eigenvalue weighted by atomic mass is 16.5. The van der Waals surface area contributed by atoms with Crippen LogP contribution in [0.15, 0.2) is 54.7 Å². The van der Waals surface area contributed by atoms with E-state index in [2.05, 4.69) is 73.6 Å². The molecule has 4 aliphatic rings. The Morgan fingerprint density at radius 3 is 1.92 bits per heavy atom. The monoisotopic (exact) mass is 843 g/mol. The van der Waals surface area contributed by atoms with E-state index in [0.717, 1.165) is 103 Å². The third kappa shape index (κ3) is 8.18. The molecule has 9 rings (SSSR count).